The van der Waals surface area contributed by atoms with E-state index in [1.165, 1.54) is 10.6 Å². The van der Waals surface area contributed by atoms with Crippen LogP contribution in [0.4, 0.5) is 4.39 Å². The number of hydrogen-bond donors (Lipinski definition) is 0. The van der Waals surface area contributed by atoms with Gasteiger partial charge in [-0.15, -0.1) is 0 Å². The molecule has 0 radical (unpaired) electrons. The van der Waals surface area contributed by atoms with E-state index in [1.807, 2.05) is 0 Å². The molecule has 4 nitrogen and oxygen atoms in total. The summed E-state index contributed by atoms with van der Waals surface area (Å²) in [5, 5.41) is 0.285. The van der Waals surface area contributed by atoms with Crippen LogP contribution in [0, 0.1) is 5.82 Å². The zero-order chi connectivity index (χ0) is 15.0. The zero-order valence-corrected chi connectivity index (χ0v) is 12.3. The van der Waals surface area contributed by atoms with Gasteiger partial charge in [0.05, 0.1) is 17.4 Å². The van der Waals surface area contributed by atoms with E-state index in [4.69, 9.17) is 0 Å². The minimum absolute atomic E-state index is 0.0194. The Bertz CT molecular complexity index is 946. The predicted octanol–water partition coefficient (Wildman–Crippen LogP) is 2.90. The first-order valence-electron chi connectivity index (χ1n) is 6.13. The quantitative estimate of drug-likeness (QED) is 0.714. The van der Waals surface area contributed by atoms with Gasteiger partial charge in [-0.05, 0) is 30.3 Å². The summed E-state index contributed by atoms with van der Waals surface area (Å²) in [7, 11) is 0. The maximum absolute atomic E-state index is 13.8. The molecule has 21 heavy (non-hydrogen) atoms. The van der Waals surface area contributed by atoms with Crippen LogP contribution in [0.1, 0.15) is 5.56 Å². The highest BCUT2D eigenvalue weighted by molar-refractivity contribution is 9.10. The summed E-state index contributed by atoms with van der Waals surface area (Å²) in [6.45, 7) is -0.0194. The molecule has 0 spiro atoms. The lowest BCUT2D eigenvalue weighted by atomic mass is 10.2. The molecule has 0 unspecified atom stereocenters. The van der Waals surface area contributed by atoms with E-state index in [2.05, 4.69) is 20.3 Å². The SMILES string of the molecule is O=c1oc(=O)n(Cc2cc(Br)ccc2F)c2ccccc12. The fourth-order valence-electron chi connectivity index (χ4n) is 2.15. The van der Waals surface area contributed by atoms with Crippen LogP contribution in [0.15, 0.2) is 60.9 Å². The van der Waals surface area contributed by atoms with E-state index >= 15 is 0 Å². The van der Waals surface area contributed by atoms with Crippen molar-refractivity contribution in [2.45, 2.75) is 6.54 Å². The molecule has 3 rings (SSSR count). The predicted molar refractivity (Wildman–Crippen MR) is 79.9 cm³/mol. The molecule has 0 aliphatic carbocycles. The monoisotopic (exact) mass is 349 g/mol. The normalized spacial score (nSPS) is 11.0. The first-order chi connectivity index (χ1) is 10.1. The Morgan fingerprint density at radius 1 is 1.14 bits per heavy atom. The average Bonchev–Trinajstić information content (AvgIpc) is 2.47. The van der Waals surface area contributed by atoms with E-state index < -0.39 is 17.2 Å². The molecule has 0 atom stereocenters. The summed E-state index contributed by atoms with van der Waals surface area (Å²) in [6.07, 6.45) is 0. The van der Waals surface area contributed by atoms with Crippen molar-refractivity contribution in [3.8, 4) is 0 Å². The van der Waals surface area contributed by atoms with E-state index in [0.29, 0.717) is 15.6 Å². The fourth-order valence-corrected chi connectivity index (χ4v) is 2.56. The number of hydrogen-bond acceptors (Lipinski definition) is 3. The van der Waals surface area contributed by atoms with Gasteiger partial charge >= 0.3 is 11.4 Å². The second-order valence-corrected chi connectivity index (χ2v) is 5.41. The maximum Gasteiger partial charge on any atom is 0.422 e. The number of para-hydroxylation sites is 1. The van der Waals surface area contributed by atoms with Gasteiger partial charge in [-0.3, -0.25) is 4.57 Å². The van der Waals surface area contributed by atoms with Gasteiger partial charge in [0, 0.05) is 10.0 Å². The highest BCUT2D eigenvalue weighted by Gasteiger charge is 2.11. The Hall–Kier alpha value is -2.21. The summed E-state index contributed by atoms with van der Waals surface area (Å²) < 4.78 is 20.5. The average molecular weight is 350 g/mol. The zero-order valence-electron chi connectivity index (χ0n) is 10.7. The molecule has 1 aromatic heterocycles. The van der Waals surface area contributed by atoms with Crippen molar-refractivity contribution in [1.29, 1.82) is 0 Å². The molecule has 0 N–H and O–H groups in total. The van der Waals surface area contributed by atoms with Crippen molar-refractivity contribution in [3.05, 3.63) is 79.3 Å². The number of fused-ring (bicyclic) bond motifs is 1. The molecular weight excluding hydrogens is 341 g/mol. The van der Waals surface area contributed by atoms with E-state index in [-0.39, 0.29) is 11.9 Å². The number of nitrogens with zero attached hydrogens (tertiary/aromatic N) is 1. The topological polar surface area (TPSA) is 52.2 Å². The second-order valence-electron chi connectivity index (χ2n) is 4.49. The molecule has 106 valence electrons. The van der Waals surface area contributed by atoms with Gasteiger partial charge in [0.25, 0.3) is 0 Å². The van der Waals surface area contributed by atoms with Gasteiger partial charge in [0.15, 0.2) is 0 Å². The highest BCUT2D eigenvalue weighted by atomic mass is 79.9. The van der Waals surface area contributed by atoms with Gasteiger partial charge in [-0.1, -0.05) is 28.1 Å². The summed E-state index contributed by atoms with van der Waals surface area (Å²) >= 11 is 3.26. The molecule has 0 aliphatic rings. The minimum atomic E-state index is -0.807. The molecule has 1 heterocycles. The molecule has 2 aromatic carbocycles. The van der Waals surface area contributed by atoms with Crippen LogP contribution in [-0.2, 0) is 6.54 Å². The van der Waals surface area contributed by atoms with Crippen LogP contribution in [0.5, 0.6) is 0 Å². The summed E-state index contributed by atoms with van der Waals surface area (Å²) in [6, 6.07) is 11.0. The number of halogens is 2. The standard InChI is InChI=1S/C15H9BrFNO3/c16-10-5-6-12(17)9(7-10)8-18-13-4-2-1-3-11(13)14(19)21-15(18)20/h1-7H,8H2. The van der Waals surface area contributed by atoms with Crippen LogP contribution >= 0.6 is 15.9 Å². The summed E-state index contributed by atoms with van der Waals surface area (Å²) in [4.78, 5) is 23.6. The Morgan fingerprint density at radius 2 is 1.90 bits per heavy atom. The second kappa shape index (κ2) is 5.29. The molecule has 0 aliphatic heterocycles. The maximum atomic E-state index is 13.8. The Morgan fingerprint density at radius 3 is 2.71 bits per heavy atom. The van der Waals surface area contributed by atoms with Crippen molar-refractivity contribution < 1.29 is 8.81 Å². The van der Waals surface area contributed by atoms with Gasteiger partial charge < -0.3 is 4.42 Å². The third-order valence-electron chi connectivity index (χ3n) is 3.15. The molecular formula is C15H9BrFNO3. The highest BCUT2D eigenvalue weighted by Crippen LogP contribution is 2.17. The fraction of sp³-hybridized carbons (Fsp3) is 0.0667. The molecule has 0 bridgehead atoms. The third kappa shape index (κ3) is 2.54. The van der Waals surface area contributed by atoms with Crippen molar-refractivity contribution in [2.24, 2.45) is 0 Å². The van der Waals surface area contributed by atoms with Crippen LogP contribution in [-0.4, -0.2) is 4.57 Å². The van der Waals surface area contributed by atoms with Crippen LogP contribution < -0.4 is 11.4 Å². The number of aromatic nitrogens is 1. The minimum Gasteiger partial charge on any atom is -0.372 e. The first kappa shape index (κ1) is 13.8. The summed E-state index contributed by atoms with van der Waals surface area (Å²) in [5.74, 6) is -1.24. The number of rotatable bonds is 2. The van der Waals surface area contributed by atoms with Crippen molar-refractivity contribution in [3.63, 3.8) is 0 Å². The smallest absolute Gasteiger partial charge is 0.372 e. The van der Waals surface area contributed by atoms with Crippen LogP contribution in [0.25, 0.3) is 10.9 Å². The molecule has 0 saturated heterocycles. The van der Waals surface area contributed by atoms with Gasteiger partial charge in [-0.2, -0.15) is 0 Å². The molecule has 3 aromatic rings. The lowest BCUT2D eigenvalue weighted by molar-refractivity contribution is 0.423. The lowest BCUT2D eigenvalue weighted by Gasteiger charge is -2.09. The number of benzene rings is 2. The molecule has 0 amide bonds. The van der Waals surface area contributed by atoms with Crippen molar-refractivity contribution in [1.82, 2.24) is 4.57 Å². The summed E-state index contributed by atoms with van der Waals surface area (Å²) in [5.41, 5.74) is 0.0465. The largest absolute Gasteiger partial charge is 0.422 e. The van der Waals surface area contributed by atoms with Crippen molar-refractivity contribution in [2.75, 3.05) is 0 Å². The third-order valence-corrected chi connectivity index (χ3v) is 3.64. The molecule has 6 heteroatoms. The van der Waals surface area contributed by atoms with E-state index in [1.54, 1.807) is 36.4 Å². The van der Waals surface area contributed by atoms with Crippen LogP contribution in [0.2, 0.25) is 0 Å². The van der Waals surface area contributed by atoms with Gasteiger partial charge in [0.1, 0.15) is 5.82 Å². The Labute approximate surface area is 126 Å². The lowest BCUT2D eigenvalue weighted by Crippen LogP contribution is -2.25. The van der Waals surface area contributed by atoms with E-state index in [9.17, 15) is 14.0 Å². The van der Waals surface area contributed by atoms with Crippen LogP contribution in [0.3, 0.4) is 0 Å². The molecule has 0 saturated carbocycles. The van der Waals surface area contributed by atoms with Crippen molar-refractivity contribution >= 4 is 26.8 Å². The van der Waals surface area contributed by atoms with Gasteiger partial charge in [0.2, 0.25) is 0 Å². The van der Waals surface area contributed by atoms with Gasteiger partial charge in [-0.25, -0.2) is 14.0 Å². The van der Waals surface area contributed by atoms with E-state index in [0.717, 1.165) is 0 Å². The Balaban J connectivity index is 2.24. The first-order valence-corrected chi connectivity index (χ1v) is 6.92. The molecule has 0 fully saturated rings. The Kier molecular flexibility index (Phi) is 3.47.